The predicted molar refractivity (Wildman–Crippen MR) is 85.6 cm³/mol. The highest BCUT2D eigenvalue weighted by molar-refractivity contribution is 5.78. The van der Waals surface area contributed by atoms with Crippen LogP contribution in [0.5, 0.6) is 0 Å². The van der Waals surface area contributed by atoms with Crippen LogP contribution in [0.1, 0.15) is 28.6 Å². The van der Waals surface area contributed by atoms with Crippen LogP contribution in [0.2, 0.25) is 0 Å². The summed E-state index contributed by atoms with van der Waals surface area (Å²) in [5.41, 5.74) is 3.08. The van der Waals surface area contributed by atoms with E-state index in [9.17, 15) is 4.79 Å². The van der Waals surface area contributed by atoms with Crippen LogP contribution in [0, 0.1) is 13.8 Å². The van der Waals surface area contributed by atoms with Gasteiger partial charge in [-0.15, -0.1) is 0 Å². The molecule has 1 atom stereocenters. The maximum atomic E-state index is 12.0. The lowest BCUT2D eigenvalue weighted by atomic mass is 10.0. The van der Waals surface area contributed by atoms with Crippen LogP contribution in [-0.2, 0) is 11.2 Å². The lowest BCUT2D eigenvalue weighted by Crippen LogP contribution is -2.35. The Bertz CT molecular complexity index is 617. The summed E-state index contributed by atoms with van der Waals surface area (Å²) in [6.07, 6.45) is 0.241. The van der Waals surface area contributed by atoms with Crippen LogP contribution in [0.15, 0.2) is 34.9 Å². The SMILES string of the molecule is Cc1ccc(C(CNC(=O)Cc2cc(C)on2)N(C)C)cc1. The van der Waals surface area contributed by atoms with E-state index in [2.05, 4.69) is 46.6 Å². The molecule has 0 fully saturated rings. The van der Waals surface area contributed by atoms with Crippen molar-refractivity contribution in [1.29, 1.82) is 0 Å². The fourth-order valence-electron chi connectivity index (χ4n) is 2.33. The molecule has 1 aromatic carbocycles. The van der Waals surface area contributed by atoms with Gasteiger partial charge >= 0.3 is 0 Å². The van der Waals surface area contributed by atoms with Gasteiger partial charge in [0.2, 0.25) is 5.91 Å². The topological polar surface area (TPSA) is 58.4 Å². The quantitative estimate of drug-likeness (QED) is 0.889. The summed E-state index contributed by atoms with van der Waals surface area (Å²) < 4.78 is 4.97. The van der Waals surface area contributed by atoms with Gasteiger partial charge < -0.3 is 14.7 Å². The van der Waals surface area contributed by atoms with Gasteiger partial charge in [0.1, 0.15) is 5.76 Å². The summed E-state index contributed by atoms with van der Waals surface area (Å²) >= 11 is 0. The number of benzene rings is 1. The van der Waals surface area contributed by atoms with E-state index in [1.54, 1.807) is 6.07 Å². The number of aryl methyl sites for hydroxylation is 2. The molecule has 1 N–H and O–H groups in total. The summed E-state index contributed by atoms with van der Waals surface area (Å²) in [6.45, 7) is 4.44. The number of amides is 1. The van der Waals surface area contributed by atoms with Gasteiger partial charge in [-0.05, 0) is 33.5 Å². The molecule has 0 aliphatic carbocycles. The van der Waals surface area contributed by atoms with Gasteiger partial charge in [0.25, 0.3) is 0 Å². The van der Waals surface area contributed by atoms with E-state index in [-0.39, 0.29) is 18.4 Å². The number of rotatable bonds is 6. The Kier molecular flexibility index (Phi) is 5.33. The van der Waals surface area contributed by atoms with Crippen LogP contribution in [-0.4, -0.2) is 36.6 Å². The zero-order valence-electron chi connectivity index (χ0n) is 13.6. The largest absolute Gasteiger partial charge is 0.361 e. The Morgan fingerprint density at radius 2 is 1.95 bits per heavy atom. The van der Waals surface area contributed by atoms with Crippen molar-refractivity contribution < 1.29 is 9.32 Å². The second-order valence-corrected chi connectivity index (χ2v) is 5.80. The van der Waals surface area contributed by atoms with E-state index >= 15 is 0 Å². The summed E-state index contributed by atoms with van der Waals surface area (Å²) in [5.74, 6) is 0.667. The maximum Gasteiger partial charge on any atom is 0.226 e. The fourth-order valence-corrected chi connectivity index (χ4v) is 2.33. The first-order valence-electron chi connectivity index (χ1n) is 7.37. The van der Waals surface area contributed by atoms with E-state index in [0.29, 0.717) is 18.0 Å². The molecular formula is C17H23N3O2. The van der Waals surface area contributed by atoms with Crippen molar-refractivity contribution in [2.24, 2.45) is 0 Å². The Balaban J connectivity index is 1.94. The minimum atomic E-state index is -0.0488. The van der Waals surface area contributed by atoms with Gasteiger partial charge in [-0.3, -0.25) is 4.79 Å². The number of nitrogens with zero attached hydrogens (tertiary/aromatic N) is 2. The predicted octanol–water partition coefficient (Wildman–Crippen LogP) is 2.25. The number of hydrogen-bond acceptors (Lipinski definition) is 4. The van der Waals surface area contributed by atoms with Gasteiger partial charge in [-0.25, -0.2) is 0 Å². The second kappa shape index (κ2) is 7.22. The number of nitrogens with one attached hydrogen (secondary N) is 1. The van der Waals surface area contributed by atoms with Crippen LogP contribution < -0.4 is 5.32 Å². The number of likely N-dealkylation sites (N-methyl/N-ethyl adjacent to an activating group) is 1. The van der Waals surface area contributed by atoms with E-state index in [4.69, 9.17) is 4.52 Å². The first-order chi connectivity index (χ1) is 10.5. The van der Waals surface area contributed by atoms with Gasteiger partial charge in [-0.2, -0.15) is 0 Å². The number of carbonyl (C=O) groups excluding carboxylic acids is 1. The number of aromatic nitrogens is 1. The molecular weight excluding hydrogens is 278 g/mol. The Hall–Kier alpha value is -2.14. The van der Waals surface area contributed by atoms with Crippen LogP contribution in [0.3, 0.4) is 0 Å². The highest BCUT2D eigenvalue weighted by Crippen LogP contribution is 2.18. The second-order valence-electron chi connectivity index (χ2n) is 5.80. The standard InChI is InChI=1S/C17H23N3O2/c1-12-5-7-14(8-6-12)16(20(3)4)11-18-17(21)10-15-9-13(2)22-19-15/h5-9,16H,10-11H2,1-4H3,(H,18,21). The van der Waals surface area contributed by atoms with Crippen molar-refractivity contribution >= 4 is 5.91 Å². The minimum Gasteiger partial charge on any atom is -0.361 e. The first kappa shape index (κ1) is 16.2. The summed E-state index contributed by atoms with van der Waals surface area (Å²) in [4.78, 5) is 14.1. The van der Waals surface area contributed by atoms with E-state index < -0.39 is 0 Å². The summed E-state index contributed by atoms with van der Waals surface area (Å²) in [7, 11) is 4.02. The van der Waals surface area contributed by atoms with Crippen LogP contribution in [0.4, 0.5) is 0 Å². The monoisotopic (exact) mass is 301 g/mol. The molecule has 22 heavy (non-hydrogen) atoms. The molecule has 0 bridgehead atoms. The Morgan fingerprint density at radius 3 is 2.50 bits per heavy atom. The molecule has 5 heteroatoms. The molecule has 1 aromatic heterocycles. The summed E-state index contributed by atoms with van der Waals surface area (Å²) in [5, 5.41) is 6.81. The molecule has 2 aromatic rings. The molecule has 1 unspecified atom stereocenters. The smallest absolute Gasteiger partial charge is 0.226 e. The zero-order valence-corrected chi connectivity index (χ0v) is 13.6. The van der Waals surface area contributed by atoms with Gasteiger partial charge in [-0.1, -0.05) is 35.0 Å². The molecule has 0 saturated carbocycles. The summed E-state index contributed by atoms with van der Waals surface area (Å²) in [6, 6.07) is 10.3. The average molecular weight is 301 g/mol. The van der Waals surface area contributed by atoms with Crippen LogP contribution >= 0.6 is 0 Å². The third-order valence-corrected chi connectivity index (χ3v) is 3.60. The highest BCUT2D eigenvalue weighted by atomic mass is 16.5. The van der Waals surface area contributed by atoms with Crippen molar-refractivity contribution in [2.45, 2.75) is 26.3 Å². The van der Waals surface area contributed by atoms with E-state index in [1.807, 2.05) is 21.0 Å². The lowest BCUT2D eigenvalue weighted by Gasteiger charge is -2.25. The molecule has 0 aliphatic rings. The molecule has 5 nitrogen and oxygen atoms in total. The normalized spacial score (nSPS) is 12.4. The van der Waals surface area contributed by atoms with Crippen molar-refractivity contribution in [3.05, 3.63) is 52.9 Å². The minimum absolute atomic E-state index is 0.0488. The number of carbonyl (C=O) groups is 1. The Morgan fingerprint density at radius 1 is 1.27 bits per heavy atom. The van der Waals surface area contributed by atoms with Gasteiger partial charge in [0.05, 0.1) is 18.2 Å². The van der Waals surface area contributed by atoms with Crippen molar-refractivity contribution in [1.82, 2.24) is 15.4 Å². The molecule has 0 aliphatic heterocycles. The maximum absolute atomic E-state index is 12.0. The molecule has 0 saturated heterocycles. The third-order valence-electron chi connectivity index (χ3n) is 3.60. The Labute approximate surface area is 131 Å². The van der Waals surface area contributed by atoms with E-state index in [0.717, 1.165) is 0 Å². The molecule has 1 amide bonds. The first-order valence-corrected chi connectivity index (χ1v) is 7.37. The van der Waals surface area contributed by atoms with Crippen molar-refractivity contribution in [2.75, 3.05) is 20.6 Å². The molecule has 0 spiro atoms. The van der Waals surface area contributed by atoms with Crippen LogP contribution in [0.25, 0.3) is 0 Å². The zero-order chi connectivity index (χ0) is 16.1. The molecule has 0 radical (unpaired) electrons. The fraction of sp³-hybridized carbons (Fsp3) is 0.412. The van der Waals surface area contributed by atoms with Crippen molar-refractivity contribution in [3.63, 3.8) is 0 Å². The molecule has 2 rings (SSSR count). The molecule has 118 valence electrons. The van der Waals surface area contributed by atoms with E-state index in [1.165, 1.54) is 11.1 Å². The lowest BCUT2D eigenvalue weighted by molar-refractivity contribution is -0.120. The average Bonchev–Trinajstić information content (AvgIpc) is 2.86. The third kappa shape index (κ3) is 4.43. The highest BCUT2D eigenvalue weighted by Gasteiger charge is 2.16. The van der Waals surface area contributed by atoms with Crippen molar-refractivity contribution in [3.8, 4) is 0 Å². The van der Waals surface area contributed by atoms with Gasteiger partial charge in [0.15, 0.2) is 0 Å². The number of hydrogen-bond donors (Lipinski definition) is 1. The molecule has 1 heterocycles. The van der Waals surface area contributed by atoms with Gasteiger partial charge in [0, 0.05) is 12.6 Å².